The Morgan fingerprint density at radius 3 is 2.61 bits per heavy atom. The Balaban J connectivity index is 1.94. The average molecular weight is 400 g/mol. The van der Waals surface area contributed by atoms with Crippen LogP contribution in [0.3, 0.4) is 0 Å². The molecule has 0 spiro atoms. The Kier molecular flexibility index (Phi) is 6.23. The van der Waals surface area contributed by atoms with Crippen LogP contribution in [0, 0.1) is 18.3 Å². The third-order valence-electron chi connectivity index (χ3n) is 4.21. The molecule has 0 aromatic heterocycles. The Bertz CT molecular complexity index is 835. The summed E-state index contributed by atoms with van der Waals surface area (Å²) in [7, 11) is 0. The monoisotopic (exact) mass is 400 g/mol. The van der Waals surface area contributed by atoms with Gasteiger partial charge in [0.25, 0.3) is 0 Å². The van der Waals surface area contributed by atoms with Crippen LogP contribution in [0.4, 0.5) is 28.9 Å². The smallest absolute Gasteiger partial charge is 0.336 e. The molecular formula is C17H16F4N4O3. The molecule has 1 saturated heterocycles. The van der Waals surface area contributed by atoms with E-state index in [1.807, 2.05) is 0 Å². The predicted molar refractivity (Wildman–Crippen MR) is 89.6 cm³/mol. The van der Waals surface area contributed by atoms with Gasteiger partial charge in [-0.15, -0.1) is 0 Å². The maximum atomic E-state index is 13.3. The highest BCUT2D eigenvalue weighted by atomic mass is 19.4. The molecular weight excluding hydrogens is 384 g/mol. The van der Waals surface area contributed by atoms with Gasteiger partial charge in [-0.1, -0.05) is 0 Å². The number of amides is 3. The first-order valence-corrected chi connectivity index (χ1v) is 8.17. The summed E-state index contributed by atoms with van der Waals surface area (Å²) in [5.74, 6) is -4.49. The summed E-state index contributed by atoms with van der Waals surface area (Å²) in [5, 5.41) is 4.07. The van der Waals surface area contributed by atoms with E-state index in [0.29, 0.717) is 6.92 Å². The van der Waals surface area contributed by atoms with Crippen molar-refractivity contribution in [2.75, 3.05) is 18.4 Å². The first-order chi connectivity index (χ1) is 13.0. The fourth-order valence-electron chi connectivity index (χ4n) is 2.56. The first kappa shape index (κ1) is 21.1. The number of halogens is 4. The van der Waals surface area contributed by atoms with Gasteiger partial charge in [0, 0.05) is 18.8 Å². The number of carbonyl (C=O) groups is 3. The number of nitrogens with zero attached hydrogens (tertiary/aromatic N) is 2. The fraction of sp³-hybridized carbons (Fsp3) is 0.412. The number of hydrogen-bond donors (Lipinski definition) is 2. The van der Waals surface area contributed by atoms with Crippen molar-refractivity contribution in [1.82, 2.24) is 10.2 Å². The van der Waals surface area contributed by atoms with E-state index in [1.54, 1.807) is 5.32 Å². The van der Waals surface area contributed by atoms with Gasteiger partial charge in [0.2, 0.25) is 11.6 Å². The second-order valence-electron chi connectivity index (χ2n) is 6.24. The lowest BCUT2D eigenvalue weighted by molar-refractivity contribution is -0.162. The zero-order chi connectivity index (χ0) is 21.1. The zero-order valence-corrected chi connectivity index (χ0v) is 14.6. The van der Waals surface area contributed by atoms with Crippen molar-refractivity contribution in [2.24, 2.45) is 5.92 Å². The summed E-state index contributed by atoms with van der Waals surface area (Å²) >= 11 is 0. The number of anilines is 1. The van der Waals surface area contributed by atoms with Crippen LogP contribution in [-0.4, -0.2) is 47.9 Å². The van der Waals surface area contributed by atoms with Crippen LogP contribution < -0.4 is 10.6 Å². The van der Waals surface area contributed by atoms with E-state index in [0.717, 1.165) is 17.0 Å². The van der Waals surface area contributed by atoms with E-state index in [9.17, 15) is 31.9 Å². The lowest BCUT2D eigenvalue weighted by atomic mass is 10.1. The minimum absolute atomic E-state index is 0.0292. The number of hydrogen-bond acceptors (Lipinski definition) is 3. The maximum absolute atomic E-state index is 13.3. The van der Waals surface area contributed by atoms with E-state index >= 15 is 0 Å². The Hall–Kier alpha value is -3.16. The number of carbonyl (C=O) groups excluding carboxylic acids is 3. The van der Waals surface area contributed by atoms with Gasteiger partial charge in [0.05, 0.1) is 12.5 Å². The topological polar surface area (TPSA) is 82.9 Å². The minimum atomic E-state index is -4.68. The molecule has 0 bridgehead atoms. The molecule has 3 amide bonds. The molecule has 2 rings (SSSR count). The lowest BCUT2D eigenvalue weighted by Gasteiger charge is -2.20. The molecule has 1 aromatic carbocycles. The normalized spacial score (nSPS) is 17.6. The summed E-state index contributed by atoms with van der Waals surface area (Å²) < 4.78 is 50.7. The predicted octanol–water partition coefficient (Wildman–Crippen LogP) is 2.23. The zero-order valence-electron chi connectivity index (χ0n) is 14.6. The van der Waals surface area contributed by atoms with Crippen molar-refractivity contribution in [2.45, 2.75) is 25.6 Å². The van der Waals surface area contributed by atoms with Crippen LogP contribution in [0.5, 0.6) is 0 Å². The third kappa shape index (κ3) is 4.97. The largest absolute Gasteiger partial charge is 0.408 e. The molecule has 1 aromatic rings. The maximum Gasteiger partial charge on any atom is 0.408 e. The van der Waals surface area contributed by atoms with E-state index in [-0.39, 0.29) is 30.9 Å². The molecule has 2 atom stereocenters. The van der Waals surface area contributed by atoms with Gasteiger partial charge in [-0.05, 0) is 31.5 Å². The summed E-state index contributed by atoms with van der Waals surface area (Å²) in [5.41, 5.74) is -0.0737. The summed E-state index contributed by atoms with van der Waals surface area (Å²) in [6, 6.07) is 1.27. The molecule has 1 fully saturated rings. The number of nitrogens with one attached hydrogen (secondary N) is 2. The second kappa shape index (κ2) is 8.24. The molecule has 0 unspecified atom stereocenters. The van der Waals surface area contributed by atoms with Crippen LogP contribution >= 0.6 is 0 Å². The highest BCUT2D eigenvalue weighted by Crippen LogP contribution is 2.24. The lowest BCUT2D eigenvalue weighted by Crippen LogP contribution is -2.49. The number of alkyl halides is 3. The third-order valence-corrected chi connectivity index (χ3v) is 4.21. The highest BCUT2D eigenvalue weighted by Gasteiger charge is 2.40. The summed E-state index contributed by atoms with van der Waals surface area (Å²) in [6.45, 7) is 7.45. The quantitative estimate of drug-likeness (QED) is 0.464. The summed E-state index contributed by atoms with van der Waals surface area (Å²) in [4.78, 5) is 39.9. The number of benzene rings is 1. The highest BCUT2D eigenvalue weighted by molar-refractivity contribution is 6.35. The molecule has 2 N–H and O–H groups in total. The molecule has 0 radical (unpaired) electrons. The molecule has 1 aliphatic heterocycles. The van der Waals surface area contributed by atoms with Gasteiger partial charge < -0.3 is 15.5 Å². The van der Waals surface area contributed by atoms with Crippen LogP contribution in [-0.2, 0) is 14.4 Å². The minimum Gasteiger partial charge on any atom is -0.336 e. The van der Waals surface area contributed by atoms with Gasteiger partial charge in [-0.25, -0.2) is 9.24 Å². The van der Waals surface area contributed by atoms with Crippen LogP contribution in [0.2, 0.25) is 0 Å². The molecule has 1 heterocycles. The van der Waals surface area contributed by atoms with Crippen molar-refractivity contribution < 1.29 is 31.9 Å². The molecule has 150 valence electrons. The van der Waals surface area contributed by atoms with Gasteiger partial charge in [0.15, 0.2) is 0 Å². The molecule has 0 saturated carbocycles. The SMILES string of the molecule is [C-]#[N+]c1cc(NC(=O)[C@H]2CCN(C(=O)C(=O)N[C@H](C)C(F)(F)F)C2)ccc1F. The van der Waals surface area contributed by atoms with Crippen LogP contribution in [0.25, 0.3) is 4.85 Å². The van der Waals surface area contributed by atoms with Crippen LogP contribution in [0.15, 0.2) is 18.2 Å². The Morgan fingerprint density at radius 2 is 2.00 bits per heavy atom. The van der Waals surface area contributed by atoms with Crippen molar-refractivity contribution in [1.29, 1.82) is 0 Å². The van der Waals surface area contributed by atoms with Crippen molar-refractivity contribution in [3.63, 3.8) is 0 Å². The van der Waals surface area contributed by atoms with Gasteiger partial charge in [0.1, 0.15) is 11.9 Å². The van der Waals surface area contributed by atoms with E-state index in [2.05, 4.69) is 10.2 Å². The Labute approximate surface area is 157 Å². The Morgan fingerprint density at radius 1 is 1.32 bits per heavy atom. The van der Waals surface area contributed by atoms with Crippen molar-refractivity contribution >= 4 is 29.1 Å². The molecule has 1 aliphatic rings. The van der Waals surface area contributed by atoms with Gasteiger partial charge >= 0.3 is 18.0 Å². The average Bonchev–Trinajstić information content (AvgIpc) is 3.11. The van der Waals surface area contributed by atoms with Crippen LogP contribution in [0.1, 0.15) is 13.3 Å². The van der Waals surface area contributed by atoms with E-state index < -0.39 is 41.7 Å². The van der Waals surface area contributed by atoms with Gasteiger partial charge in [-0.3, -0.25) is 14.4 Å². The van der Waals surface area contributed by atoms with Gasteiger partial charge in [-0.2, -0.15) is 13.2 Å². The molecule has 11 heteroatoms. The van der Waals surface area contributed by atoms with Crippen molar-refractivity contribution in [3.05, 3.63) is 35.4 Å². The van der Waals surface area contributed by atoms with Crippen molar-refractivity contribution in [3.8, 4) is 0 Å². The molecule has 28 heavy (non-hydrogen) atoms. The van der Waals surface area contributed by atoms with E-state index in [4.69, 9.17) is 6.57 Å². The number of rotatable bonds is 3. The fourth-order valence-corrected chi connectivity index (χ4v) is 2.56. The second-order valence-corrected chi connectivity index (χ2v) is 6.24. The standard InChI is InChI=1S/C17H16F4N4O3/c1-9(17(19,20)21)23-15(27)16(28)25-6-5-10(8-25)14(26)24-11-3-4-12(18)13(7-11)22-2/h3-4,7,9-10H,5-6,8H2,1H3,(H,23,27)(H,24,26)/t9-,10+/m1/s1. The molecule has 7 nitrogen and oxygen atoms in total. The molecule has 0 aliphatic carbocycles. The first-order valence-electron chi connectivity index (χ1n) is 8.17. The van der Waals surface area contributed by atoms with E-state index in [1.165, 1.54) is 6.07 Å². The summed E-state index contributed by atoms with van der Waals surface area (Å²) in [6.07, 6.45) is -4.47. The number of likely N-dealkylation sites (tertiary alicyclic amines) is 1.